The highest BCUT2D eigenvalue weighted by atomic mass is 32.2. The zero-order chi connectivity index (χ0) is 24.3. The summed E-state index contributed by atoms with van der Waals surface area (Å²) in [7, 11) is -2.03. The highest BCUT2D eigenvalue weighted by molar-refractivity contribution is 7.92. The Morgan fingerprint density at radius 2 is 1.62 bits per heavy atom. The number of hydrogen-bond donors (Lipinski definition) is 1. The second-order valence-electron chi connectivity index (χ2n) is 8.02. The number of aryl methyl sites for hydroxylation is 1. The molecule has 0 aliphatic rings. The average Bonchev–Trinajstić information content (AvgIpc) is 3.39. The molecule has 4 aromatic rings. The molecule has 0 bridgehead atoms. The molecule has 1 N–H and O–H groups in total. The summed E-state index contributed by atoms with van der Waals surface area (Å²) in [4.78, 5) is 18.7. The van der Waals surface area contributed by atoms with Crippen LogP contribution in [-0.4, -0.2) is 41.0 Å². The van der Waals surface area contributed by atoms with Crippen LogP contribution in [0.4, 0.5) is 5.69 Å². The maximum atomic E-state index is 13.0. The fourth-order valence-corrected chi connectivity index (χ4v) is 4.52. The van der Waals surface area contributed by atoms with Crippen molar-refractivity contribution in [2.45, 2.75) is 24.8 Å². The summed E-state index contributed by atoms with van der Waals surface area (Å²) in [6, 6.07) is 20.5. The summed E-state index contributed by atoms with van der Waals surface area (Å²) in [6.45, 7) is 3.87. The molecule has 1 heterocycles. The molecule has 0 radical (unpaired) electrons. The minimum atomic E-state index is -3.76. The van der Waals surface area contributed by atoms with E-state index in [1.54, 1.807) is 35.1 Å². The predicted molar refractivity (Wildman–Crippen MR) is 130 cm³/mol. The molecule has 8 nitrogen and oxygen atoms in total. The lowest BCUT2D eigenvalue weighted by atomic mass is 10.1. The molecule has 9 heteroatoms. The number of benzene rings is 3. The largest absolute Gasteiger partial charge is 0.335 e. The van der Waals surface area contributed by atoms with Gasteiger partial charge >= 0.3 is 0 Å². The van der Waals surface area contributed by atoms with E-state index in [9.17, 15) is 13.2 Å². The number of nitrogens with zero attached hydrogens (tertiary/aromatic N) is 4. The molecule has 1 unspecified atom stereocenters. The van der Waals surface area contributed by atoms with E-state index in [-0.39, 0.29) is 16.8 Å². The van der Waals surface area contributed by atoms with Crippen molar-refractivity contribution in [1.29, 1.82) is 0 Å². The van der Waals surface area contributed by atoms with Crippen LogP contribution in [0.25, 0.3) is 5.69 Å². The Morgan fingerprint density at radius 1 is 0.971 bits per heavy atom. The van der Waals surface area contributed by atoms with E-state index in [4.69, 9.17) is 0 Å². The van der Waals surface area contributed by atoms with Crippen LogP contribution in [0.3, 0.4) is 0 Å². The van der Waals surface area contributed by atoms with Gasteiger partial charge in [-0.3, -0.25) is 9.52 Å². The standard InChI is InChI=1S/C25H25N5O3S/c1-18-4-10-22(11-5-18)28-34(32,33)24-14-8-21(9-15-24)25(31)29(3)19(2)20-6-12-23(13-7-20)30-17-26-16-27-30/h4-17,19,28H,1-3H3. The third-order valence-electron chi connectivity index (χ3n) is 5.68. The van der Waals surface area contributed by atoms with E-state index in [1.165, 1.54) is 30.6 Å². The van der Waals surface area contributed by atoms with E-state index < -0.39 is 10.0 Å². The Morgan fingerprint density at radius 3 is 2.21 bits per heavy atom. The maximum absolute atomic E-state index is 13.0. The van der Waals surface area contributed by atoms with Crippen LogP contribution in [0.1, 0.15) is 34.5 Å². The normalized spacial score (nSPS) is 12.2. The highest BCUT2D eigenvalue weighted by Gasteiger charge is 2.21. The lowest BCUT2D eigenvalue weighted by Gasteiger charge is -2.25. The molecule has 0 fully saturated rings. The van der Waals surface area contributed by atoms with Crippen LogP contribution < -0.4 is 4.72 Å². The van der Waals surface area contributed by atoms with Gasteiger partial charge in [0.05, 0.1) is 16.6 Å². The van der Waals surface area contributed by atoms with Crippen molar-refractivity contribution < 1.29 is 13.2 Å². The number of carbonyl (C=O) groups is 1. The van der Waals surface area contributed by atoms with Gasteiger partial charge in [0.25, 0.3) is 15.9 Å². The summed E-state index contributed by atoms with van der Waals surface area (Å²) in [6.07, 6.45) is 3.09. The van der Waals surface area contributed by atoms with Gasteiger partial charge in [0.15, 0.2) is 0 Å². The fourth-order valence-electron chi connectivity index (χ4n) is 3.46. The Bertz CT molecular complexity index is 1370. The third kappa shape index (κ3) is 4.99. The predicted octanol–water partition coefficient (Wildman–Crippen LogP) is 4.21. The first-order valence-electron chi connectivity index (χ1n) is 10.7. The molecule has 0 saturated heterocycles. The van der Waals surface area contributed by atoms with Crippen LogP contribution in [-0.2, 0) is 10.0 Å². The first-order valence-corrected chi connectivity index (χ1v) is 12.1. The molecule has 0 aliphatic heterocycles. The Balaban J connectivity index is 1.45. The van der Waals surface area contributed by atoms with Crippen LogP contribution in [0.15, 0.2) is 90.3 Å². The number of anilines is 1. The second-order valence-corrected chi connectivity index (χ2v) is 9.70. The number of sulfonamides is 1. The number of rotatable bonds is 7. The van der Waals surface area contributed by atoms with Crippen molar-refractivity contribution in [3.63, 3.8) is 0 Å². The molecular formula is C25H25N5O3S. The number of nitrogens with one attached hydrogen (secondary N) is 1. The molecule has 34 heavy (non-hydrogen) atoms. The molecule has 0 aliphatic carbocycles. The minimum absolute atomic E-state index is 0.0871. The van der Waals surface area contributed by atoms with Gasteiger partial charge in [0, 0.05) is 18.3 Å². The summed E-state index contributed by atoms with van der Waals surface area (Å²) in [5.74, 6) is -0.205. The molecule has 4 rings (SSSR count). The molecule has 1 amide bonds. The number of aromatic nitrogens is 3. The first-order chi connectivity index (χ1) is 16.2. The zero-order valence-corrected chi connectivity index (χ0v) is 19.9. The van der Waals surface area contributed by atoms with Gasteiger partial charge in [-0.05, 0) is 67.9 Å². The Kier molecular flexibility index (Phi) is 6.47. The highest BCUT2D eigenvalue weighted by Crippen LogP contribution is 2.23. The van der Waals surface area contributed by atoms with E-state index in [2.05, 4.69) is 14.8 Å². The lowest BCUT2D eigenvalue weighted by molar-refractivity contribution is 0.0742. The molecule has 1 aromatic heterocycles. The van der Waals surface area contributed by atoms with Gasteiger partial charge in [-0.15, -0.1) is 0 Å². The van der Waals surface area contributed by atoms with Crippen molar-refractivity contribution in [2.75, 3.05) is 11.8 Å². The summed E-state index contributed by atoms with van der Waals surface area (Å²) in [5.41, 5.74) is 3.76. The Hall–Kier alpha value is -3.98. The van der Waals surface area contributed by atoms with Gasteiger partial charge in [-0.1, -0.05) is 29.8 Å². The lowest BCUT2D eigenvalue weighted by Crippen LogP contribution is -2.29. The maximum Gasteiger partial charge on any atom is 0.261 e. The van der Waals surface area contributed by atoms with Crippen molar-refractivity contribution in [3.8, 4) is 5.69 Å². The molecule has 0 saturated carbocycles. The molecular weight excluding hydrogens is 450 g/mol. The first kappa shape index (κ1) is 23.2. The van der Waals surface area contributed by atoms with Gasteiger partial charge in [-0.2, -0.15) is 5.10 Å². The van der Waals surface area contributed by atoms with E-state index in [1.807, 2.05) is 50.2 Å². The molecule has 0 spiro atoms. The quantitative estimate of drug-likeness (QED) is 0.432. The van der Waals surface area contributed by atoms with Gasteiger partial charge in [0.2, 0.25) is 0 Å². The Labute approximate surface area is 198 Å². The van der Waals surface area contributed by atoms with Gasteiger partial charge in [-0.25, -0.2) is 18.1 Å². The van der Waals surface area contributed by atoms with Crippen LogP contribution >= 0.6 is 0 Å². The topological polar surface area (TPSA) is 97.2 Å². The molecule has 1 atom stereocenters. The SMILES string of the molecule is Cc1ccc(NS(=O)(=O)c2ccc(C(=O)N(C)C(C)c3ccc(-n4cncn4)cc3)cc2)cc1. The number of amides is 1. The summed E-state index contributed by atoms with van der Waals surface area (Å²) in [5, 5.41) is 4.11. The number of hydrogen-bond acceptors (Lipinski definition) is 5. The number of carbonyl (C=O) groups excluding carboxylic acids is 1. The van der Waals surface area contributed by atoms with Crippen LogP contribution in [0.2, 0.25) is 0 Å². The smallest absolute Gasteiger partial charge is 0.261 e. The van der Waals surface area contributed by atoms with Crippen molar-refractivity contribution in [2.24, 2.45) is 0 Å². The van der Waals surface area contributed by atoms with E-state index in [0.717, 1.165) is 16.8 Å². The summed E-state index contributed by atoms with van der Waals surface area (Å²) >= 11 is 0. The minimum Gasteiger partial charge on any atom is -0.335 e. The van der Waals surface area contributed by atoms with Crippen LogP contribution in [0, 0.1) is 6.92 Å². The van der Waals surface area contributed by atoms with Gasteiger partial charge < -0.3 is 4.90 Å². The molecule has 174 valence electrons. The van der Waals surface area contributed by atoms with Crippen molar-refractivity contribution in [1.82, 2.24) is 19.7 Å². The molecule has 3 aromatic carbocycles. The fraction of sp³-hybridized carbons (Fsp3) is 0.160. The van der Waals surface area contributed by atoms with Gasteiger partial charge in [0.1, 0.15) is 12.7 Å². The second kappa shape index (κ2) is 9.48. The van der Waals surface area contributed by atoms with Crippen LogP contribution in [0.5, 0.6) is 0 Å². The van der Waals surface area contributed by atoms with Crippen molar-refractivity contribution in [3.05, 3.63) is 102 Å². The zero-order valence-electron chi connectivity index (χ0n) is 19.1. The monoisotopic (exact) mass is 475 g/mol. The third-order valence-corrected chi connectivity index (χ3v) is 7.07. The average molecular weight is 476 g/mol. The van der Waals surface area contributed by atoms with E-state index in [0.29, 0.717) is 11.3 Å². The van der Waals surface area contributed by atoms with E-state index >= 15 is 0 Å². The van der Waals surface area contributed by atoms with Crippen molar-refractivity contribution >= 4 is 21.6 Å². The summed E-state index contributed by atoms with van der Waals surface area (Å²) < 4.78 is 29.6.